The number of hydrogen-bond acceptors (Lipinski definition) is 4. The predicted molar refractivity (Wildman–Crippen MR) is 68.4 cm³/mol. The Morgan fingerprint density at radius 3 is 2.87 bits per heavy atom. The summed E-state index contributed by atoms with van der Waals surface area (Å²) < 4.78 is 0. The highest BCUT2D eigenvalue weighted by Crippen LogP contribution is 2.16. The number of nitrogens with one attached hydrogen (secondary N) is 2. The molecule has 6 heteroatoms. The molecule has 0 amide bonds. The van der Waals surface area contributed by atoms with E-state index in [-0.39, 0.29) is 0 Å². The molecule has 0 atom stereocenters. The Morgan fingerprint density at radius 1 is 1.40 bits per heavy atom. The van der Waals surface area contributed by atoms with Crippen LogP contribution in [0.4, 0.5) is 5.13 Å². The summed E-state index contributed by atoms with van der Waals surface area (Å²) in [6.07, 6.45) is 3.34. The fraction of sp³-hybridized carbons (Fsp3) is 0.667. The molecule has 4 nitrogen and oxygen atoms in total. The lowest BCUT2D eigenvalue weighted by molar-refractivity contribution is 0.780. The zero-order chi connectivity index (χ0) is 11.1. The smallest absolute Gasteiger partial charge is 0.211 e. The van der Waals surface area contributed by atoms with Crippen molar-refractivity contribution in [2.75, 3.05) is 11.9 Å². The lowest BCUT2D eigenvalue weighted by Gasteiger charge is -2.03. The van der Waals surface area contributed by atoms with Crippen molar-refractivity contribution in [2.45, 2.75) is 33.1 Å². The van der Waals surface area contributed by atoms with Gasteiger partial charge < -0.3 is 10.6 Å². The third-order valence-electron chi connectivity index (χ3n) is 1.77. The first-order valence-corrected chi connectivity index (χ1v) is 6.36. The van der Waals surface area contributed by atoms with Crippen LogP contribution in [0, 0.1) is 0 Å². The van der Waals surface area contributed by atoms with E-state index in [0.29, 0.717) is 5.11 Å². The van der Waals surface area contributed by atoms with Crippen molar-refractivity contribution in [3.63, 3.8) is 0 Å². The number of anilines is 1. The quantitative estimate of drug-likeness (QED) is 0.778. The van der Waals surface area contributed by atoms with Crippen molar-refractivity contribution in [3.8, 4) is 0 Å². The molecule has 1 aromatic heterocycles. The first-order chi connectivity index (χ1) is 7.26. The molecule has 15 heavy (non-hydrogen) atoms. The monoisotopic (exact) mass is 244 g/mol. The maximum absolute atomic E-state index is 5.05. The summed E-state index contributed by atoms with van der Waals surface area (Å²) in [5.74, 6) is 0. The summed E-state index contributed by atoms with van der Waals surface area (Å²) in [5.41, 5.74) is 0. The highest BCUT2D eigenvalue weighted by atomic mass is 32.1. The topological polar surface area (TPSA) is 49.8 Å². The number of aromatic nitrogens is 2. The predicted octanol–water partition coefficient (Wildman–Crippen LogP) is 2.19. The van der Waals surface area contributed by atoms with E-state index in [4.69, 9.17) is 12.2 Å². The van der Waals surface area contributed by atoms with E-state index in [9.17, 15) is 0 Å². The van der Waals surface area contributed by atoms with Gasteiger partial charge in [0.05, 0.1) is 0 Å². The molecule has 0 fully saturated rings. The molecule has 84 valence electrons. The largest absolute Gasteiger partial charge is 0.363 e. The Balaban J connectivity index is 2.42. The summed E-state index contributed by atoms with van der Waals surface area (Å²) in [7, 11) is 0. The zero-order valence-corrected chi connectivity index (χ0v) is 10.7. The number of thiocarbonyl (C=S) groups is 1. The maximum Gasteiger partial charge on any atom is 0.211 e. The van der Waals surface area contributed by atoms with Crippen LogP contribution in [-0.2, 0) is 6.42 Å². The molecule has 0 aliphatic heterocycles. The lowest BCUT2D eigenvalue weighted by atomic mass is 10.3. The minimum Gasteiger partial charge on any atom is -0.363 e. The van der Waals surface area contributed by atoms with Gasteiger partial charge in [0.1, 0.15) is 5.01 Å². The Hall–Kier alpha value is -0.750. The molecule has 0 aliphatic carbocycles. The summed E-state index contributed by atoms with van der Waals surface area (Å²) in [4.78, 5) is 0. The fourth-order valence-corrected chi connectivity index (χ4v) is 2.13. The first-order valence-electron chi connectivity index (χ1n) is 5.13. The summed E-state index contributed by atoms with van der Waals surface area (Å²) in [5, 5.41) is 16.6. The molecular formula is C9H16N4S2. The minimum atomic E-state index is 0.607. The maximum atomic E-state index is 5.05. The first kappa shape index (κ1) is 12.3. The van der Waals surface area contributed by atoms with Gasteiger partial charge in [0.2, 0.25) is 5.13 Å². The molecule has 0 radical (unpaired) electrons. The van der Waals surface area contributed by atoms with E-state index in [0.717, 1.165) is 29.5 Å². The van der Waals surface area contributed by atoms with Crippen LogP contribution in [0.1, 0.15) is 31.7 Å². The Kier molecular flexibility index (Phi) is 5.49. The van der Waals surface area contributed by atoms with Crippen molar-refractivity contribution in [3.05, 3.63) is 5.01 Å². The molecule has 0 saturated carbocycles. The van der Waals surface area contributed by atoms with Crippen molar-refractivity contribution in [1.29, 1.82) is 0 Å². The molecule has 0 bridgehead atoms. The fourth-order valence-electron chi connectivity index (χ4n) is 1.04. The van der Waals surface area contributed by atoms with E-state index in [1.165, 1.54) is 6.42 Å². The van der Waals surface area contributed by atoms with Gasteiger partial charge in [0, 0.05) is 13.0 Å². The number of aryl methyl sites for hydroxylation is 1. The minimum absolute atomic E-state index is 0.607. The van der Waals surface area contributed by atoms with Gasteiger partial charge in [0.25, 0.3) is 0 Å². The molecule has 0 spiro atoms. The zero-order valence-electron chi connectivity index (χ0n) is 9.04. The van der Waals surface area contributed by atoms with E-state index >= 15 is 0 Å². The Labute approximate surface area is 99.5 Å². The van der Waals surface area contributed by atoms with Crippen LogP contribution in [0.2, 0.25) is 0 Å². The van der Waals surface area contributed by atoms with E-state index in [1.807, 2.05) is 6.92 Å². The van der Waals surface area contributed by atoms with E-state index in [1.54, 1.807) is 11.3 Å². The van der Waals surface area contributed by atoms with Crippen LogP contribution in [0.15, 0.2) is 0 Å². The van der Waals surface area contributed by atoms with Crippen molar-refractivity contribution in [2.24, 2.45) is 0 Å². The molecule has 0 unspecified atom stereocenters. The molecule has 1 rings (SSSR count). The van der Waals surface area contributed by atoms with Gasteiger partial charge in [-0.1, -0.05) is 24.7 Å². The van der Waals surface area contributed by atoms with Gasteiger partial charge in [-0.05, 0) is 25.6 Å². The van der Waals surface area contributed by atoms with Crippen LogP contribution < -0.4 is 10.6 Å². The second-order valence-corrected chi connectivity index (χ2v) is 4.56. The molecular weight excluding hydrogens is 228 g/mol. The van der Waals surface area contributed by atoms with Crippen LogP contribution in [-0.4, -0.2) is 21.9 Å². The third kappa shape index (κ3) is 4.53. The highest BCUT2D eigenvalue weighted by Gasteiger charge is 2.04. The lowest BCUT2D eigenvalue weighted by Crippen LogP contribution is -2.27. The van der Waals surface area contributed by atoms with Gasteiger partial charge in [0.15, 0.2) is 5.11 Å². The average molecular weight is 244 g/mol. The Morgan fingerprint density at radius 2 is 2.20 bits per heavy atom. The molecule has 1 aromatic rings. The van der Waals surface area contributed by atoms with Crippen molar-refractivity contribution >= 4 is 33.8 Å². The van der Waals surface area contributed by atoms with Crippen molar-refractivity contribution < 1.29 is 0 Å². The summed E-state index contributed by atoms with van der Waals surface area (Å²) in [6.45, 7) is 4.98. The summed E-state index contributed by atoms with van der Waals surface area (Å²) in [6, 6.07) is 0. The van der Waals surface area contributed by atoms with Gasteiger partial charge >= 0.3 is 0 Å². The van der Waals surface area contributed by atoms with Crippen LogP contribution >= 0.6 is 23.6 Å². The SMILES string of the molecule is CCCCc1nnc(NC(=S)NCC)s1. The van der Waals surface area contributed by atoms with E-state index in [2.05, 4.69) is 27.8 Å². The number of nitrogens with zero attached hydrogens (tertiary/aromatic N) is 2. The van der Waals surface area contributed by atoms with Gasteiger partial charge in [-0.2, -0.15) is 0 Å². The molecule has 2 N–H and O–H groups in total. The standard InChI is InChI=1S/C9H16N4S2/c1-3-5-6-7-12-13-9(15-7)11-8(14)10-4-2/h3-6H2,1-2H3,(H2,10,11,13,14). The molecule has 0 aliphatic rings. The number of rotatable bonds is 5. The number of hydrogen-bond donors (Lipinski definition) is 2. The van der Waals surface area contributed by atoms with Crippen molar-refractivity contribution in [1.82, 2.24) is 15.5 Å². The second kappa shape index (κ2) is 6.68. The molecule has 1 heterocycles. The third-order valence-corrected chi connectivity index (χ3v) is 2.91. The van der Waals surface area contributed by atoms with Crippen LogP contribution in [0.25, 0.3) is 0 Å². The number of unbranched alkanes of at least 4 members (excludes halogenated alkanes) is 1. The van der Waals surface area contributed by atoms with Gasteiger partial charge in [-0.3, -0.25) is 0 Å². The van der Waals surface area contributed by atoms with Crippen LogP contribution in [0.3, 0.4) is 0 Å². The van der Waals surface area contributed by atoms with Gasteiger partial charge in [-0.15, -0.1) is 10.2 Å². The second-order valence-electron chi connectivity index (χ2n) is 3.09. The van der Waals surface area contributed by atoms with E-state index < -0.39 is 0 Å². The Bertz CT molecular complexity index is 311. The normalized spacial score (nSPS) is 10.0. The summed E-state index contributed by atoms with van der Waals surface area (Å²) >= 11 is 6.61. The molecule has 0 saturated heterocycles. The average Bonchev–Trinajstić information content (AvgIpc) is 2.63. The van der Waals surface area contributed by atoms with Crippen LogP contribution in [0.5, 0.6) is 0 Å². The molecule has 0 aromatic carbocycles. The highest BCUT2D eigenvalue weighted by molar-refractivity contribution is 7.80. The van der Waals surface area contributed by atoms with Gasteiger partial charge in [-0.25, -0.2) is 0 Å².